The fraction of sp³-hybridized carbons (Fsp3) is 0.0526. The summed E-state index contributed by atoms with van der Waals surface area (Å²) in [7, 11) is 0. The highest BCUT2D eigenvalue weighted by Crippen LogP contribution is 2.40. The van der Waals surface area contributed by atoms with Gasteiger partial charge in [-0.2, -0.15) is 0 Å². The van der Waals surface area contributed by atoms with Crippen LogP contribution in [0.3, 0.4) is 0 Å². The number of allylic oxidation sites excluding steroid dienone is 2. The highest BCUT2D eigenvalue weighted by molar-refractivity contribution is 6.39. The molecule has 22 heavy (non-hydrogen) atoms. The van der Waals surface area contributed by atoms with Crippen molar-refractivity contribution < 1.29 is 9.90 Å². The van der Waals surface area contributed by atoms with Crippen LogP contribution in [0, 0.1) is 0 Å². The van der Waals surface area contributed by atoms with E-state index in [0.29, 0.717) is 16.8 Å². The molecule has 0 spiro atoms. The van der Waals surface area contributed by atoms with Crippen LogP contribution in [0.1, 0.15) is 28.5 Å². The number of pyridine rings is 1. The molecule has 0 saturated heterocycles. The molecule has 3 aromatic rings. The average molecular weight is 287 g/mol. The molecule has 106 valence electrons. The fourth-order valence-electron chi connectivity index (χ4n) is 3.02. The Hall–Kier alpha value is -2.94. The van der Waals surface area contributed by atoms with Crippen LogP contribution >= 0.6 is 0 Å². The quantitative estimate of drug-likeness (QED) is 0.734. The maximum atomic E-state index is 12.7. The number of hydrogen-bond donors (Lipinski definition) is 1. The molecular weight excluding hydrogens is 274 g/mol. The van der Waals surface area contributed by atoms with Gasteiger partial charge in [-0.25, -0.2) is 4.98 Å². The Kier molecular flexibility index (Phi) is 2.63. The van der Waals surface area contributed by atoms with Crippen molar-refractivity contribution >= 4 is 27.8 Å². The minimum absolute atomic E-state index is 0.0363. The zero-order valence-corrected chi connectivity index (χ0v) is 12.0. The van der Waals surface area contributed by atoms with E-state index >= 15 is 0 Å². The van der Waals surface area contributed by atoms with Crippen molar-refractivity contribution in [2.45, 2.75) is 6.92 Å². The maximum absolute atomic E-state index is 12.7. The summed E-state index contributed by atoms with van der Waals surface area (Å²) in [4.78, 5) is 17.2. The first kappa shape index (κ1) is 12.8. The lowest BCUT2D eigenvalue weighted by molar-refractivity contribution is 0.105. The predicted molar refractivity (Wildman–Crippen MR) is 86.7 cm³/mol. The van der Waals surface area contributed by atoms with Gasteiger partial charge in [0.05, 0.1) is 11.1 Å². The Bertz CT molecular complexity index is 970. The first-order valence-electron chi connectivity index (χ1n) is 7.11. The van der Waals surface area contributed by atoms with Gasteiger partial charge in [0, 0.05) is 10.9 Å². The van der Waals surface area contributed by atoms with Gasteiger partial charge in [-0.1, -0.05) is 42.5 Å². The first-order chi connectivity index (χ1) is 10.7. The number of carbonyl (C=O) groups excluding carboxylic acids is 1. The van der Waals surface area contributed by atoms with Gasteiger partial charge in [0.25, 0.3) is 0 Å². The second-order valence-electron chi connectivity index (χ2n) is 5.42. The summed E-state index contributed by atoms with van der Waals surface area (Å²) in [5.41, 5.74) is 4.06. The maximum Gasteiger partial charge on any atom is 0.196 e. The molecule has 4 rings (SSSR count). The monoisotopic (exact) mass is 287 g/mol. The molecular formula is C19H13NO2. The molecule has 1 N–H and O–H groups in total. The van der Waals surface area contributed by atoms with Gasteiger partial charge in [0.2, 0.25) is 0 Å². The molecule has 0 fully saturated rings. The number of hydrogen-bond acceptors (Lipinski definition) is 3. The summed E-state index contributed by atoms with van der Waals surface area (Å²) in [6, 6.07) is 16.7. The van der Waals surface area contributed by atoms with Gasteiger partial charge in [0.15, 0.2) is 5.78 Å². The zero-order valence-electron chi connectivity index (χ0n) is 12.0. The van der Waals surface area contributed by atoms with Crippen LogP contribution in [0.25, 0.3) is 22.0 Å². The van der Waals surface area contributed by atoms with E-state index in [-0.39, 0.29) is 11.5 Å². The standard InChI is InChI=1S/C19H13NO2/c1-11-13-7-3-4-8-14(13)19(22)17(11)18-16(21)10-12-6-2-5-9-15(12)20-18/h2-10,21H,1H3. The molecule has 1 aliphatic rings. The van der Waals surface area contributed by atoms with E-state index in [0.717, 1.165) is 22.0 Å². The summed E-state index contributed by atoms with van der Waals surface area (Å²) >= 11 is 0. The Balaban J connectivity index is 1.99. The second kappa shape index (κ2) is 4.53. The van der Waals surface area contributed by atoms with E-state index < -0.39 is 0 Å². The summed E-state index contributed by atoms with van der Waals surface area (Å²) in [6.07, 6.45) is 0. The number of benzene rings is 2. The number of rotatable bonds is 1. The smallest absolute Gasteiger partial charge is 0.196 e. The van der Waals surface area contributed by atoms with E-state index in [2.05, 4.69) is 4.98 Å². The van der Waals surface area contributed by atoms with Gasteiger partial charge in [-0.3, -0.25) is 4.79 Å². The molecule has 0 amide bonds. The van der Waals surface area contributed by atoms with E-state index in [1.807, 2.05) is 55.5 Å². The number of Topliss-reactive ketones (excluding diaryl/α,β-unsaturated/α-hetero) is 1. The van der Waals surface area contributed by atoms with Gasteiger partial charge >= 0.3 is 0 Å². The number of aromatic nitrogens is 1. The second-order valence-corrected chi connectivity index (χ2v) is 5.42. The fourth-order valence-corrected chi connectivity index (χ4v) is 3.02. The molecule has 0 aliphatic heterocycles. The van der Waals surface area contributed by atoms with Crippen LogP contribution in [0.15, 0.2) is 54.6 Å². The van der Waals surface area contributed by atoms with Gasteiger partial charge < -0.3 is 5.11 Å². The van der Waals surface area contributed by atoms with Crippen molar-refractivity contribution in [3.05, 3.63) is 71.4 Å². The van der Waals surface area contributed by atoms with Crippen molar-refractivity contribution in [2.24, 2.45) is 0 Å². The largest absolute Gasteiger partial charge is 0.506 e. The number of carbonyl (C=O) groups is 1. The highest BCUT2D eigenvalue weighted by atomic mass is 16.3. The molecule has 0 unspecified atom stereocenters. The Morgan fingerprint density at radius 1 is 0.955 bits per heavy atom. The van der Waals surface area contributed by atoms with Crippen LogP contribution < -0.4 is 0 Å². The minimum atomic E-state index is -0.0776. The van der Waals surface area contributed by atoms with Gasteiger partial charge in [-0.15, -0.1) is 0 Å². The summed E-state index contributed by atoms with van der Waals surface area (Å²) < 4.78 is 0. The number of ketones is 1. The summed E-state index contributed by atoms with van der Waals surface area (Å²) in [5.74, 6) is -0.0413. The molecule has 3 heteroatoms. The van der Waals surface area contributed by atoms with E-state index in [1.54, 1.807) is 6.07 Å². The Morgan fingerprint density at radius 2 is 1.64 bits per heavy atom. The third-order valence-corrected chi connectivity index (χ3v) is 4.12. The van der Waals surface area contributed by atoms with Crippen LogP contribution in [0.5, 0.6) is 5.75 Å². The van der Waals surface area contributed by atoms with Crippen LogP contribution in [-0.2, 0) is 0 Å². The number of aromatic hydroxyl groups is 1. The topological polar surface area (TPSA) is 50.2 Å². The first-order valence-corrected chi connectivity index (χ1v) is 7.11. The molecule has 0 radical (unpaired) electrons. The normalized spacial score (nSPS) is 13.8. The van der Waals surface area contributed by atoms with Crippen LogP contribution in [0.4, 0.5) is 0 Å². The van der Waals surface area contributed by atoms with Crippen LogP contribution in [-0.4, -0.2) is 15.9 Å². The van der Waals surface area contributed by atoms with Crippen molar-refractivity contribution in [3.63, 3.8) is 0 Å². The van der Waals surface area contributed by atoms with Gasteiger partial charge in [0.1, 0.15) is 11.4 Å². The lowest BCUT2D eigenvalue weighted by atomic mass is 10.0. The van der Waals surface area contributed by atoms with E-state index in [1.165, 1.54) is 0 Å². The minimum Gasteiger partial charge on any atom is -0.506 e. The molecule has 0 atom stereocenters. The molecule has 3 nitrogen and oxygen atoms in total. The summed E-state index contributed by atoms with van der Waals surface area (Å²) in [5, 5.41) is 11.2. The van der Waals surface area contributed by atoms with Crippen molar-refractivity contribution in [1.82, 2.24) is 4.98 Å². The number of para-hydroxylation sites is 1. The third-order valence-electron chi connectivity index (χ3n) is 4.12. The van der Waals surface area contributed by atoms with Gasteiger partial charge in [-0.05, 0) is 30.2 Å². The van der Waals surface area contributed by atoms with Crippen molar-refractivity contribution in [1.29, 1.82) is 0 Å². The van der Waals surface area contributed by atoms with Crippen LogP contribution in [0.2, 0.25) is 0 Å². The Morgan fingerprint density at radius 3 is 2.41 bits per heavy atom. The van der Waals surface area contributed by atoms with E-state index in [4.69, 9.17) is 0 Å². The summed E-state index contributed by atoms with van der Waals surface area (Å²) in [6.45, 7) is 1.90. The molecule has 1 aliphatic carbocycles. The third kappa shape index (κ3) is 1.69. The van der Waals surface area contributed by atoms with Crippen molar-refractivity contribution in [2.75, 3.05) is 0 Å². The van der Waals surface area contributed by atoms with E-state index in [9.17, 15) is 9.90 Å². The predicted octanol–water partition coefficient (Wildman–Crippen LogP) is 4.07. The van der Waals surface area contributed by atoms with Crippen molar-refractivity contribution in [3.8, 4) is 5.75 Å². The molecule has 0 saturated carbocycles. The molecule has 1 heterocycles. The molecule has 0 bridgehead atoms. The number of fused-ring (bicyclic) bond motifs is 2. The SMILES string of the molecule is CC1=C(c2nc3ccccc3cc2O)C(=O)c2ccccc21. The number of nitrogens with zero attached hydrogens (tertiary/aromatic N) is 1. The lowest BCUT2D eigenvalue weighted by Gasteiger charge is -2.07. The molecule has 1 aromatic heterocycles. The average Bonchev–Trinajstić information content (AvgIpc) is 2.79. The Labute approximate surface area is 127 Å². The molecule has 2 aromatic carbocycles. The lowest BCUT2D eigenvalue weighted by Crippen LogP contribution is -2.01. The highest BCUT2D eigenvalue weighted by Gasteiger charge is 2.30. The zero-order chi connectivity index (χ0) is 15.3.